The molecule has 0 spiro atoms. The van der Waals surface area contributed by atoms with E-state index in [1.54, 1.807) is 30.5 Å². The molecule has 5 aromatic rings. The van der Waals surface area contributed by atoms with E-state index in [1.807, 2.05) is 36.9 Å². The average Bonchev–Trinajstić information content (AvgIpc) is 3.42. The van der Waals surface area contributed by atoms with Gasteiger partial charge in [-0.15, -0.1) is 0 Å². The van der Waals surface area contributed by atoms with Crippen LogP contribution < -0.4 is 4.90 Å². The van der Waals surface area contributed by atoms with E-state index >= 15 is 0 Å². The molecule has 1 aliphatic rings. The lowest BCUT2D eigenvalue weighted by atomic mass is 10.1. The lowest BCUT2D eigenvalue weighted by molar-refractivity contribution is 0.255. The lowest BCUT2D eigenvalue weighted by Crippen LogP contribution is -2.46. The van der Waals surface area contributed by atoms with Crippen LogP contribution in [0.2, 0.25) is 0 Å². The Morgan fingerprint density at radius 2 is 1.56 bits per heavy atom. The number of hydrogen-bond acceptors (Lipinski definition) is 6. The molecule has 1 aromatic heterocycles. The Bertz CT molecular complexity index is 1980. The van der Waals surface area contributed by atoms with E-state index in [-0.39, 0.29) is 4.90 Å². The zero-order valence-electron chi connectivity index (χ0n) is 26.0. The predicted molar refractivity (Wildman–Crippen MR) is 184 cm³/mol. The molecule has 1 fully saturated rings. The molecule has 4 aromatic carbocycles. The Morgan fingerprint density at radius 3 is 2.29 bits per heavy atom. The summed E-state index contributed by atoms with van der Waals surface area (Å²) in [5, 5.41) is 10.4. The summed E-state index contributed by atoms with van der Waals surface area (Å²) in [5.41, 5.74) is 6.97. The fourth-order valence-corrected chi connectivity index (χ4v) is 8.53. The summed E-state index contributed by atoms with van der Waals surface area (Å²) in [5.74, 6) is 0. The zero-order chi connectivity index (χ0) is 31.6. The van der Waals surface area contributed by atoms with E-state index in [0.717, 1.165) is 62.1 Å². The van der Waals surface area contributed by atoms with E-state index in [2.05, 4.69) is 72.2 Å². The third-order valence-electron chi connectivity index (χ3n) is 8.61. The maximum Gasteiger partial charge on any atom is 0.268 e. The summed E-state index contributed by atoms with van der Waals surface area (Å²) in [7, 11) is -3.77. The summed E-state index contributed by atoms with van der Waals surface area (Å²) in [6.07, 6.45) is 3.39. The highest BCUT2D eigenvalue weighted by molar-refractivity contribution is 7.99. The Balaban J connectivity index is 1.12. The van der Waals surface area contributed by atoms with Gasteiger partial charge in [-0.25, -0.2) is 12.4 Å². The maximum absolute atomic E-state index is 13.6. The van der Waals surface area contributed by atoms with Crippen LogP contribution in [-0.4, -0.2) is 50.0 Å². The minimum absolute atomic E-state index is 0.257. The third kappa shape index (κ3) is 6.67. The monoisotopic (exact) mass is 634 g/mol. The van der Waals surface area contributed by atoms with Gasteiger partial charge in [-0.3, -0.25) is 4.90 Å². The minimum atomic E-state index is -3.77. The Hall–Kier alpha value is -4.03. The van der Waals surface area contributed by atoms with Crippen molar-refractivity contribution in [1.29, 1.82) is 5.26 Å². The van der Waals surface area contributed by atoms with Crippen molar-refractivity contribution in [2.24, 2.45) is 0 Å². The molecule has 0 bridgehead atoms. The molecule has 230 valence electrons. The Kier molecular flexibility index (Phi) is 9.04. The van der Waals surface area contributed by atoms with Gasteiger partial charge in [0.15, 0.2) is 0 Å². The molecule has 1 saturated heterocycles. The highest BCUT2D eigenvalue weighted by atomic mass is 32.2. The number of aryl methyl sites for hydroxylation is 4. The van der Waals surface area contributed by atoms with Gasteiger partial charge in [0.25, 0.3) is 10.0 Å². The van der Waals surface area contributed by atoms with Crippen molar-refractivity contribution in [3.63, 3.8) is 0 Å². The number of nitrogens with zero attached hydrogens (tertiary/aromatic N) is 4. The molecular weight excluding hydrogens is 597 g/mol. The van der Waals surface area contributed by atoms with E-state index in [4.69, 9.17) is 0 Å². The fraction of sp³-hybridized carbons (Fsp3) is 0.270. The molecule has 0 N–H and O–H groups in total. The molecule has 0 unspecified atom stereocenters. The normalized spacial score (nSPS) is 14.1. The van der Waals surface area contributed by atoms with Crippen molar-refractivity contribution in [1.82, 2.24) is 8.87 Å². The Labute approximate surface area is 271 Å². The number of piperazine rings is 1. The van der Waals surface area contributed by atoms with Crippen LogP contribution in [0.4, 0.5) is 5.69 Å². The molecule has 0 amide bonds. The van der Waals surface area contributed by atoms with Crippen LogP contribution in [0.5, 0.6) is 0 Å². The van der Waals surface area contributed by atoms with Crippen molar-refractivity contribution in [2.45, 2.75) is 48.3 Å². The summed E-state index contributed by atoms with van der Waals surface area (Å²) in [4.78, 5) is 7.83. The maximum atomic E-state index is 13.6. The smallest absolute Gasteiger partial charge is 0.268 e. The summed E-state index contributed by atoms with van der Waals surface area (Å²) in [6, 6.07) is 29.7. The Morgan fingerprint density at radius 1 is 0.822 bits per heavy atom. The summed E-state index contributed by atoms with van der Waals surface area (Å²) >= 11 is 1.84. The molecule has 8 heteroatoms. The van der Waals surface area contributed by atoms with Gasteiger partial charge in [0.1, 0.15) is 0 Å². The predicted octanol–water partition coefficient (Wildman–Crippen LogP) is 7.58. The first-order valence-corrected chi connectivity index (χ1v) is 17.7. The standard InChI is InChI=1S/C37H38N4O2S2/c1-27-10-14-32(15-11-27)45(42,43)41-26-31(33-24-30(25-38)13-16-34(33)41)7-6-18-39-19-21-40(22-20-39)35-8-4-5-9-37(35)44-36-17-12-28(2)23-29(36)3/h4-5,8-17,23-24,26H,6-7,18-22H2,1-3H3. The van der Waals surface area contributed by atoms with Gasteiger partial charge in [0, 0.05) is 47.6 Å². The molecule has 6 nitrogen and oxygen atoms in total. The second-order valence-corrected chi connectivity index (χ2v) is 14.8. The van der Waals surface area contributed by atoms with Crippen LogP contribution in [0, 0.1) is 32.1 Å². The number of hydrogen-bond donors (Lipinski definition) is 0. The molecule has 45 heavy (non-hydrogen) atoms. The quantitative estimate of drug-likeness (QED) is 0.167. The van der Waals surface area contributed by atoms with Crippen molar-refractivity contribution < 1.29 is 8.42 Å². The molecule has 0 aliphatic carbocycles. The molecule has 2 heterocycles. The number of fused-ring (bicyclic) bond motifs is 1. The van der Waals surface area contributed by atoms with Crippen molar-refractivity contribution in [3.05, 3.63) is 119 Å². The van der Waals surface area contributed by atoms with E-state index < -0.39 is 10.0 Å². The van der Waals surface area contributed by atoms with Crippen LogP contribution in [0.3, 0.4) is 0 Å². The van der Waals surface area contributed by atoms with Gasteiger partial charge in [-0.1, -0.05) is 59.3 Å². The number of anilines is 1. The third-order valence-corrected chi connectivity index (χ3v) is 11.5. The molecule has 6 rings (SSSR count). The number of aromatic nitrogens is 1. The van der Waals surface area contributed by atoms with Crippen LogP contribution in [-0.2, 0) is 16.4 Å². The van der Waals surface area contributed by atoms with Gasteiger partial charge in [0.2, 0.25) is 0 Å². The zero-order valence-corrected chi connectivity index (χ0v) is 27.7. The largest absolute Gasteiger partial charge is 0.368 e. The first kappa shape index (κ1) is 31.0. The van der Waals surface area contributed by atoms with Crippen molar-refractivity contribution in [3.8, 4) is 6.07 Å². The number of nitriles is 1. The first-order chi connectivity index (χ1) is 21.7. The number of para-hydroxylation sites is 1. The van der Waals surface area contributed by atoms with E-state index in [1.165, 1.54) is 30.6 Å². The highest BCUT2D eigenvalue weighted by Gasteiger charge is 2.23. The van der Waals surface area contributed by atoms with Crippen LogP contribution in [0.25, 0.3) is 10.9 Å². The van der Waals surface area contributed by atoms with Gasteiger partial charge >= 0.3 is 0 Å². The van der Waals surface area contributed by atoms with Crippen LogP contribution in [0.15, 0.2) is 106 Å². The second-order valence-electron chi connectivity index (χ2n) is 11.9. The fourth-order valence-electron chi connectivity index (χ4n) is 6.10. The van der Waals surface area contributed by atoms with Crippen LogP contribution >= 0.6 is 11.8 Å². The number of benzene rings is 4. The summed E-state index contributed by atoms with van der Waals surface area (Å²) < 4.78 is 28.7. The molecule has 0 saturated carbocycles. The van der Waals surface area contributed by atoms with Gasteiger partial charge in [-0.2, -0.15) is 5.26 Å². The first-order valence-electron chi connectivity index (χ1n) is 15.4. The lowest BCUT2D eigenvalue weighted by Gasteiger charge is -2.37. The van der Waals surface area contributed by atoms with E-state index in [0.29, 0.717) is 11.1 Å². The minimum Gasteiger partial charge on any atom is -0.368 e. The van der Waals surface area contributed by atoms with Crippen LogP contribution in [0.1, 0.15) is 34.2 Å². The van der Waals surface area contributed by atoms with E-state index in [9.17, 15) is 13.7 Å². The average molecular weight is 635 g/mol. The summed E-state index contributed by atoms with van der Waals surface area (Å²) in [6.45, 7) is 11.1. The molecular formula is C37H38N4O2S2. The second kappa shape index (κ2) is 13.1. The van der Waals surface area contributed by atoms with Gasteiger partial charge in [-0.05, 0) is 99.8 Å². The SMILES string of the molecule is Cc1ccc(S(=O)(=O)n2cc(CCCN3CCN(c4ccccc4Sc4ccc(C)cc4C)CC3)c3cc(C#N)ccc32)cc1. The molecule has 0 atom stereocenters. The van der Waals surface area contributed by atoms with Crippen molar-refractivity contribution >= 4 is 38.4 Å². The topological polar surface area (TPSA) is 69.3 Å². The molecule has 0 radical (unpaired) electrons. The van der Waals surface area contributed by atoms with Crippen molar-refractivity contribution in [2.75, 3.05) is 37.6 Å². The van der Waals surface area contributed by atoms with Gasteiger partial charge in [0.05, 0.1) is 27.7 Å². The highest BCUT2D eigenvalue weighted by Crippen LogP contribution is 2.37. The number of rotatable bonds is 9. The van der Waals surface area contributed by atoms with Gasteiger partial charge < -0.3 is 4.90 Å². The molecule has 1 aliphatic heterocycles.